The molecule has 0 saturated heterocycles. The van der Waals surface area contributed by atoms with Crippen molar-refractivity contribution in [2.75, 3.05) is 6.61 Å². The van der Waals surface area contributed by atoms with E-state index in [9.17, 15) is 8.78 Å². The predicted octanol–water partition coefficient (Wildman–Crippen LogP) is 1.53. The van der Waals surface area contributed by atoms with Crippen molar-refractivity contribution in [1.82, 2.24) is 14.9 Å². The van der Waals surface area contributed by atoms with E-state index in [1.807, 2.05) is 13.8 Å². The second-order valence-corrected chi connectivity index (χ2v) is 3.95. The molecule has 6 heteroatoms. The Hall–Kier alpha value is -1.01. The van der Waals surface area contributed by atoms with Crippen molar-refractivity contribution >= 4 is 0 Å². The van der Waals surface area contributed by atoms with E-state index in [0.717, 1.165) is 4.57 Å². The molecule has 0 aliphatic carbocycles. The number of imidazole rings is 1. The maximum atomic E-state index is 12.5. The van der Waals surface area contributed by atoms with E-state index in [-0.39, 0.29) is 19.0 Å². The van der Waals surface area contributed by atoms with Crippen molar-refractivity contribution in [3.05, 3.63) is 18.2 Å². The summed E-state index contributed by atoms with van der Waals surface area (Å²) in [6.07, 6.45) is 3.29. The highest BCUT2D eigenvalue weighted by atomic mass is 19.3. The van der Waals surface area contributed by atoms with Crippen LogP contribution in [0, 0.1) is 0 Å². The van der Waals surface area contributed by atoms with Crippen LogP contribution in [0.4, 0.5) is 8.78 Å². The molecular formula is C10H17F2N3O. The highest BCUT2D eigenvalue weighted by Gasteiger charge is 2.21. The normalized spacial score (nSPS) is 15.4. The molecule has 0 fully saturated rings. The van der Waals surface area contributed by atoms with Gasteiger partial charge in [-0.15, -0.1) is 0 Å². The summed E-state index contributed by atoms with van der Waals surface area (Å²) in [6.45, 7) is 1.34. The zero-order valence-corrected chi connectivity index (χ0v) is 9.45. The number of aromatic nitrogens is 2. The van der Waals surface area contributed by atoms with Crippen LogP contribution in [-0.4, -0.2) is 26.8 Å². The van der Waals surface area contributed by atoms with Gasteiger partial charge >= 0.3 is 6.55 Å². The van der Waals surface area contributed by atoms with Crippen LogP contribution in [0.1, 0.15) is 32.6 Å². The number of hydrogen-bond donors (Lipinski definition) is 2. The summed E-state index contributed by atoms with van der Waals surface area (Å²) < 4.78 is 25.8. The Balaban J connectivity index is 2.64. The van der Waals surface area contributed by atoms with Gasteiger partial charge in [0.2, 0.25) is 0 Å². The first-order chi connectivity index (χ1) is 7.52. The number of aliphatic hydroxyl groups excluding tert-OH is 1. The molecule has 4 nitrogen and oxygen atoms in total. The standard InChI is InChI=1S/C10H17F2N3O/c1-3-10(2,7-16)14-6-8-13-4-5-15(8)9(11)12/h4-5,9,14,16H,3,6-7H2,1-2H3. The summed E-state index contributed by atoms with van der Waals surface area (Å²) in [4.78, 5) is 3.85. The zero-order valence-electron chi connectivity index (χ0n) is 9.45. The maximum absolute atomic E-state index is 12.5. The Morgan fingerprint density at radius 3 is 2.81 bits per heavy atom. The third-order valence-electron chi connectivity index (χ3n) is 2.76. The molecule has 0 aliphatic rings. The second-order valence-electron chi connectivity index (χ2n) is 3.95. The minimum Gasteiger partial charge on any atom is -0.394 e. The fourth-order valence-electron chi connectivity index (χ4n) is 1.24. The lowest BCUT2D eigenvalue weighted by Gasteiger charge is -2.27. The third-order valence-corrected chi connectivity index (χ3v) is 2.76. The van der Waals surface area contributed by atoms with Gasteiger partial charge in [0, 0.05) is 17.9 Å². The second kappa shape index (κ2) is 5.36. The average Bonchev–Trinajstić information content (AvgIpc) is 2.74. The van der Waals surface area contributed by atoms with E-state index in [2.05, 4.69) is 10.3 Å². The molecule has 1 aromatic rings. The minimum atomic E-state index is -2.58. The van der Waals surface area contributed by atoms with Crippen LogP contribution < -0.4 is 5.32 Å². The molecule has 0 spiro atoms. The average molecular weight is 233 g/mol. The Morgan fingerprint density at radius 1 is 1.62 bits per heavy atom. The van der Waals surface area contributed by atoms with E-state index < -0.39 is 12.1 Å². The van der Waals surface area contributed by atoms with E-state index >= 15 is 0 Å². The lowest BCUT2D eigenvalue weighted by molar-refractivity contribution is 0.0656. The Bertz CT molecular complexity index is 324. The molecule has 1 heterocycles. The molecule has 0 aromatic carbocycles. The number of nitrogens with zero attached hydrogens (tertiary/aromatic N) is 2. The summed E-state index contributed by atoms with van der Waals surface area (Å²) >= 11 is 0. The fourth-order valence-corrected chi connectivity index (χ4v) is 1.24. The Morgan fingerprint density at radius 2 is 2.31 bits per heavy atom. The van der Waals surface area contributed by atoms with Gasteiger partial charge in [-0.1, -0.05) is 6.92 Å². The monoisotopic (exact) mass is 233 g/mol. The first kappa shape index (κ1) is 13.1. The van der Waals surface area contributed by atoms with Gasteiger partial charge in [0.1, 0.15) is 5.82 Å². The minimum absolute atomic E-state index is 0.0428. The Labute approximate surface area is 93.3 Å². The van der Waals surface area contributed by atoms with Crippen molar-refractivity contribution in [1.29, 1.82) is 0 Å². The zero-order chi connectivity index (χ0) is 12.2. The fraction of sp³-hybridized carbons (Fsp3) is 0.700. The van der Waals surface area contributed by atoms with Crippen LogP contribution >= 0.6 is 0 Å². The quantitative estimate of drug-likeness (QED) is 0.783. The lowest BCUT2D eigenvalue weighted by atomic mass is 10.0. The molecule has 16 heavy (non-hydrogen) atoms. The highest BCUT2D eigenvalue weighted by Crippen LogP contribution is 2.14. The molecule has 0 amide bonds. The van der Waals surface area contributed by atoms with Gasteiger partial charge in [0.25, 0.3) is 0 Å². The molecular weight excluding hydrogens is 216 g/mol. The lowest BCUT2D eigenvalue weighted by Crippen LogP contribution is -2.45. The number of nitrogens with one attached hydrogen (secondary N) is 1. The highest BCUT2D eigenvalue weighted by molar-refractivity contribution is 4.94. The van der Waals surface area contributed by atoms with Gasteiger partial charge in [-0.05, 0) is 13.3 Å². The first-order valence-electron chi connectivity index (χ1n) is 5.18. The van der Waals surface area contributed by atoms with Crippen LogP contribution in [0.25, 0.3) is 0 Å². The molecule has 0 bridgehead atoms. The number of aliphatic hydroxyl groups is 1. The van der Waals surface area contributed by atoms with Gasteiger partial charge in [0.05, 0.1) is 13.2 Å². The van der Waals surface area contributed by atoms with Gasteiger partial charge in [-0.2, -0.15) is 8.78 Å². The summed E-state index contributed by atoms with van der Waals surface area (Å²) in [6, 6.07) is 0. The first-order valence-corrected chi connectivity index (χ1v) is 5.18. The third kappa shape index (κ3) is 2.99. The van der Waals surface area contributed by atoms with Gasteiger partial charge < -0.3 is 10.4 Å². The Kier molecular flexibility index (Phi) is 4.37. The molecule has 0 radical (unpaired) electrons. The van der Waals surface area contributed by atoms with E-state index in [0.29, 0.717) is 6.42 Å². The molecule has 1 aromatic heterocycles. The van der Waals surface area contributed by atoms with Crippen LogP contribution in [0.3, 0.4) is 0 Å². The van der Waals surface area contributed by atoms with Crippen molar-refractivity contribution in [3.63, 3.8) is 0 Å². The van der Waals surface area contributed by atoms with E-state index in [1.165, 1.54) is 12.4 Å². The molecule has 2 N–H and O–H groups in total. The van der Waals surface area contributed by atoms with Crippen molar-refractivity contribution in [2.45, 2.75) is 38.9 Å². The topological polar surface area (TPSA) is 50.1 Å². The number of rotatable bonds is 6. The largest absolute Gasteiger partial charge is 0.394 e. The molecule has 1 rings (SSSR count). The van der Waals surface area contributed by atoms with Crippen LogP contribution in [-0.2, 0) is 6.54 Å². The number of alkyl halides is 2. The summed E-state index contributed by atoms with van der Waals surface area (Å²) in [5.41, 5.74) is -0.459. The number of halogens is 2. The van der Waals surface area contributed by atoms with Crippen LogP contribution in [0.15, 0.2) is 12.4 Å². The van der Waals surface area contributed by atoms with Crippen molar-refractivity contribution < 1.29 is 13.9 Å². The summed E-state index contributed by atoms with van der Waals surface area (Å²) in [5, 5.41) is 12.2. The van der Waals surface area contributed by atoms with E-state index in [1.54, 1.807) is 0 Å². The SMILES string of the molecule is CCC(C)(CO)NCc1nccn1C(F)F. The number of hydrogen-bond acceptors (Lipinski definition) is 3. The van der Waals surface area contributed by atoms with Crippen molar-refractivity contribution in [3.8, 4) is 0 Å². The van der Waals surface area contributed by atoms with Gasteiger partial charge in [-0.25, -0.2) is 4.98 Å². The smallest absolute Gasteiger partial charge is 0.319 e. The van der Waals surface area contributed by atoms with Crippen LogP contribution in [0.2, 0.25) is 0 Å². The predicted molar refractivity (Wildman–Crippen MR) is 56.1 cm³/mol. The van der Waals surface area contributed by atoms with Crippen molar-refractivity contribution in [2.24, 2.45) is 0 Å². The summed E-state index contributed by atoms with van der Waals surface area (Å²) in [5.74, 6) is 0.267. The van der Waals surface area contributed by atoms with Crippen LogP contribution in [0.5, 0.6) is 0 Å². The molecule has 92 valence electrons. The van der Waals surface area contributed by atoms with E-state index in [4.69, 9.17) is 5.11 Å². The molecule has 1 atom stereocenters. The van der Waals surface area contributed by atoms with Gasteiger partial charge in [0.15, 0.2) is 0 Å². The van der Waals surface area contributed by atoms with Gasteiger partial charge in [-0.3, -0.25) is 4.57 Å². The summed E-state index contributed by atoms with van der Waals surface area (Å²) in [7, 11) is 0. The molecule has 1 unspecified atom stereocenters. The molecule has 0 aliphatic heterocycles. The molecule has 0 saturated carbocycles. The maximum Gasteiger partial charge on any atom is 0.319 e.